The lowest BCUT2D eigenvalue weighted by Crippen LogP contribution is -2.36. The maximum atomic E-state index is 11.0. The third kappa shape index (κ3) is 4.62. The van der Waals surface area contributed by atoms with Crippen molar-refractivity contribution in [1.29, 1.82) is 0 Å². The quantitative estimate of drug-likeness (QED) is 0.680. The van der Waals surface area contributed by atoms with E-state index >= 15 is 0 Å². The first-order chi connectivity index (χ1) is 7.24. The fourth-order valence-corrected chi connectivity index (χ4v) is 1.94. The first-order valence-corrected chi connectivity index (χ1v) is 5.82. The average molecular weight is 214 g/mol. The summed E-state index contributed by atoms with van der Waals surface area (Å²) in [5.74, 6) is 0.0252. The zero-order chi connectivity index (χ0) is 11.1. The Morgan fingerprint density at radius 3 is 2.87 bits per heavy atom. The molecule has 15 heavy (non-hydrogen) atoms. The molecule has 0 aromatic heterocycles. The molecule has 0 radical (unpaired) electrons. The van der Waals surface area contributed by atoms with Gasteiger partial charge in [-0.05, 0) is 12.8 Å². The monoisotopic (exact) mass is 214 g/mol. The minimum absolute atomic E-state index is 0.0252. The van der Waals surface area contributed by atoms with Gasteiger partial charge in [-0.25, -0.2) is 0 Å². The molecule has 4 nitrogen and oxygen atoms in total. The van der Waals surface area contributed by atoms with Gasteiger partial charge in [-0.15, -0.1) is 0 Å². The zero-order valence-corrected chi connectivity index (χ0v) is 9.50. The molecule has 4 heteroatoms. The minimum atomic E-state index is 0.0252. The molecule has 0 aromatic rings. The molecule has 3 N–H and O–H groups in total. The summed E-state index contributed by atoms with van der Waals surface area (Å²) in [4.78, 5) is 11.0. The lowest BCUT2D eigenvalue weighted by atomic mass is 10.1. The van der Waals surface area contributed by atoms with Crippen LogP contribution in [0.5, 0.6) is 0 Å². The van der Waals surface area contributed by atoms with Crippen LogP contribution in [-0.4, -0.2) is 31.7 Å². The van der Waals surface area contributed by atoms with E-state index in [1.54, 1.807) is 7.05 Å². The largest absolute Gasteiger partial charge is 0.376 e. The van der Waals surface area contributed by atoms with Crippen LogP contribution in [0.15, 0.2) is 0 Å². The smallest absolute Gasteiger partial charge is 0.222 e. The number of hydrogen-bond acceptors (Lipinski definition) is 3. The van der Waals surface area contributed by atoms with Gasteiger partial charge in [0.25, 0.3) is 0 Å². The molecule has 1 aliphatic rings. The molecular weight excluding hydrogens is 192 g/mol. The SMILES string of the molecule is CNC(=O)CCOC1CCCCCC1N. The van der Waals surface area contributed by atoms with Gasteiger partial charge >= 0.3 is 0 Å². The molecule has 1 amide bonds. The van der Waals surface area contributed by atoms with Gasteiger partial charge in [-0.3, -0.25) is 4.79 Å². The van der Waals surface area contributed by atoms with Gasteiger partial charge in [0.15, 0.2) is 0 Å². The van der Waals surface area contributed by atoms with Gasteiger partial charge < -0.3 is 15.8 Å². The van der Waals surface area contributed by atoms with Crippen LogP contribution >= 0.6 is 0 Å². The van der Waals surface area contributed by atoms with Crippen LogP contribution in [-0.2, 0) is 9.53 Å². The standard InChI is InChI=1S/C11H22N2O2/c1-13-11(14)7-8-15-10-6-4-2-3-5-9(10)12/h9-10H,2-8,12H2,1H3,(H,13,14). The Balaban J connectivity index is 2.20. The number of carbonyl (C=O) groups excluding carboxylic acids is 1. The maximum Gasteiger partial charge on any atom is 0.222 e. The molecule has 0 saturated heterocycles. The number of hydrogen-bond donors (Lipinski definition) is 2. The van der Waals surface area contributed by atoms with E-state index in [2.05, 4.69) is 5.32 Å². The highest BCUT2D eigenvalue weighted by molar-refractivity contribution is 5.75. The third-order valence-electron chi connectivity index (χ3n) is 2.94. The molecule has 0 heterocycles. The van der Waals surface area contributed by atoms with Crippen molar-refractivity contribution >= 4 is 5.91 Å². The van der Waals surface area contributed by atoms with Gasteiger partial charge in [0, 0.05) is 19.5 Å². The highest BCUT2D eigenvalue weighted by Gasteiger charge is 2.20. The second kappa shape index (κ2) is 6.80. The van der Waals surface area contributed by atoms with E-state index < -0.39 is 0 Å². The molecule has 0 aromatic carbocycles. The molecule has 2 unspecified atom stereocenters. The van der Waals surface area contributed by atoms with Crippen LogP contribution < -0.4 is 11.1 Å². The van der Waals surface area contributed by atoms with Crippen LogP contribution in [0.1, 0.15) is 38.5 Å². The summed E-state index contributed by atoms with van der Waals surface area (Å²) in [5.41, 5.74) is 6.00. The molecule has 88 valence electrons. The van der Waals surface area contributed by atoms with Crippen LogP contribution in [0.3, 0.4) is 0 Å². The molecule has 0 aliphatic heterocycles. The fourth-order valence-electron chi connectivity index (χ4n) is 1.94. The van der Waals surface area contributed by atoms with Crippen molar-refractivity contribution in [3.8, 4) is 0 Å². The Morgan fingerprint density at radius 1 is 1.40 bits per heavy atom. The lowest BCUT2D eigenvalue weighted by molar-refractivity contribution is -0.122. The summed E-state index contributed by atoms with van der Waals surface area (Å²) in [5, 5.41) is 2.58. The topological polar surface area (TPSA) is 64.3 Å². The Bertz CT molecular complexity index is 197. The van der Waals surface area contributed by atoms with E-state index in [1.807, 2.05) is 0 Å². The van der Waals surface area contributed by atoms with Crippen molar-refractivity contribution in [3.63, 3.8) is 0 Å². The number of ether oxygens (including phenoxy) is 1. The van der Waals surface area contributed by atoms with E-state index in [4.69, 9.17) is 10.5 Å². The maximum absolute atomic E-state index is 11.0. The van der Waals surface area contributed by atoms with Crippen LogP contribution in [0.2, 0.25) is 0 Å². The third-order valence-corrected chi connectivity index (χ3v) is 2.94. The van der Waals surface area contributed by atoms with Crippen molar-refractivity contribution < 1.29 is 9.53 Å². The van der Waals surface area contributed by atoms with Crippen molar-refractivity contribution in [2.75, 3.05) is 13.7 Å². The average Bonchev–Trinajstić information content (AvgIpc) is 2.44. The lowest BCUT2D eigenvalue weighted by Gasteiger charge is -2.21. The van der Waals surface area contributed by atoms with Crippen molar-refractivity contribution in [2.24, 2.45) is 5.73 Å². The summed E-state index contributed by atoms with van der Waals surface area (Å²) < 4.78 is 5.66. The zero-order valence-electron chi connectivity index (χ0n) is 9.50. The van der Waals surface area contributed by atoms with Crippen LogP contribution in [0, 0.1) is 0 Å². The molecule has 2 atom stereocenters. The van der Waals surface area contributed by atoms with Gasteiger partial charge in [0.2, 0.25) is 5.91 Å². The Hall–Kier alpha value is -0.610. The van der Waals surface area contributed by atoms with E-state index in [9.17, 15) is 4.79 Å². The highest BCUT2D eigenvalue weighted by Crippen LogP contribution is 2.19. The number of rotatable bonds is 4. The Kier molecular flexibility index (Phi) is 5.65. The highest BCUT2D eigenvalue weighted by atomic mass is 16.5. The van der Waals surface area contributed by atoms with Gasteiger partial charge in [0.05, 0.1) is 12.7 Å². The molecule has 0 bridgehead atoms. The number of carbonyl (C=O) groups is 1. The first kappa shape index (κ1) is 12.5. The predicted molar refractivity (Wildman–Crippen MR) is 59.5 cm³/mol. The van der Waals surface area contributed by atoms with Crippen molar-refractivity contribution in [2.45, 2.75) is 50.7 Å². The predicted octanol–water partition coefficient (Wildman–Crippen LogP) is 0.799. The number of nitrogens with two attached hydrogens (primary N) is 1. The second-order valence-electron chi connectivity index (χ2n) is 4.13. The molecule has 1 saturated carbocycles. The second-order valence-corrected chi connectivity index (χ2v) is 4.13. The summed E-state index contributed by atoms with van der Waals surface area (Å²) >= 11 is 0. The minimum Gasteiger partial charge on any atom is -0.376 e. The van der Waals surface area contributed by atoms with E-state index in [0.29, 0.717) is 13.0 Å². The van der Waals surface area contributed by atoms with Crippen LogP contribution in [0.25, 0.3) is 0 Å². The Labute approximate surface area is 91.5 Å². The van der Waals surface area contributed by atoms with E-state index in [1.165, 1.54) is 19.3 Å². The van der Waals surface area contributed by atoms with Gasteiger partial charge in [0.1, 0.15) is 0 Å². The number of amides is 1. The number of nitrogens with one attached hydrogen (secondary N) is 1. The molecule has 0 spiro atoms. The fraction of sp³-hybridized carbons (Fsp3) is 0.909. The summed E-state index contributed by atoms with van der Waals surface area (Å²) in [6.07, 6.45) is 6.31. The summed E-state index contributed by atoms with van der Waals surface area (Å²) in [6.45, 7) is 0.484. The molecule has 1 aliphatic carbocycles. The normalized spacial score (nSPS) is 27.1. The Morgan fingerprint density at radius 2 is 2.13 bits per heavy atom. The van der Waals surface area contributed by atoms with Gasteiger partial charge in [-0.2, -0.15) is 0 Å². The molecule has 1 fully saturated rings. The van der Waals surface area contributed by atoms with Crippen LogP contribution in [0.4, 0.5) is 0 Å². The summed E-state index contributed by atoms with van der Waals surface area (Å²) in [7, 11) is 1.64. The van der Waals surface area contributed by atoms with Gasteiger partial charge in [-0.1, -0.05) is 19.3 Å². The summed E-state index contributed by atoms with van der Waals surface area (Å²) in [6, 6.07) is 0.150. The molecule has 1 rings (SSSR count). The van der Waals surface area contributed by atoms with E-state index in [-0.39, 0.29) is 18.1 Å². The van der Waals surface area contributed by atoms with Crippen molar-refractivity contribution in [3.05, 3.63) is 0 Å². The molecular formula is C11H22N2O2. The van der Waals surface area contributed by atoms with Crippen molar-refractivity contribution in [1.82, 2.24) is 5.32 Å². The first-order valence-electron chi connectivity index (χ1n) is 5.82. The van der Waals surface area contributed by atoms with E-state index in [0.717, 1.165) is 12.8 Å².